The summed E-state index contributed by atoms with van der Waals surface area (Å²) in [5, 5.41) is 3.51. The molecule has 2 heterocycles. The molecule has 4 nitrogen and oxygen atoms in total. The van der Waals surface area contributed by atoms with Gasteiger partial charge in [0, 0.05) is 31.1 Å². The van der Waals surface area contributed by atoms with Gasteiger partial charge in [0.2, 0.25) is 0 Å². The molecule has 1 saturated heterocycles. The Labute approximate surface area is 129 Å². The van der Waals surface area contributed by atoms with Crippen LogP contribution in [0.15, 0.2) is 6.20 Å². The minimum absolute atomic E-state index is 0.371. The van der Waals surface area contributed by atoms with Crippen molar-refractivity contribution in [1.82, 2.24) is 15.3 Å². The van der Waals surface area contributed by atoms with Crippen molar-refractivity contribution in [2.45, 2.75) is 78.4 Å². The van der Waals surface area contributed by atoms with Gasteiger partial charge in [0.05, 0.1) is 17.6 Å². The number of nitrogens with zero attached hydrogens (tertiary/aromatic N) is 3. The molecule has 0 aliphatic carbocycles. The van der Waals surface area contributed by atoms with Crippen molar-refractivity contribution in [2.75, 3.05) is 11.4 Å². The summed E-state index contributed by atoms with van der Waals surface area (Å²) < 4.78 is 0. The Bertz CT molecular complexity index is 456. The SMILES string of the molecule is CC(C)NCc1nc(C(C)C)ncc1N1CCCCC1C. The van der Waals surface area contributed by atoms with E-state index < -0.39 is 0 Å². The molecule has 2 rings (SSSR count). The second kappa shape index (κ2) is 7.21. The first-order chi connectivity index (χ1) is 9.99. The highest BCUT2D eigenvalue weighted by Crippen LogP contribution is 2.27. The van der Waals surface area contributed by atoms with Gasteiger partial charge < -0.3 is 10.2 Å². The molecule has 1 aliphatic heterocycles. The molecule has 1 unspecified atom stereocenters. The van der Waals surface area contributed by atoms with Crippen LogP contribution < -0.4 is 10.2 Å². The summed E-state index contributed by atoms with van der Waals surface area (Å²) in [5.74, 6) is 1.32. The Morgan fingerprint density at radius 1 is 1.29 bits per heavy atom. The second-order valence-electron chi connectivity index (χ2n) is 6.79. The van der Waals surface area contributed by atoms with E-state index >= 15 is 0 Å². The quantitative estimate of drug-likeness (QED) is 0.901. The highest BCUT2D eigenvalue weighted by Gasteiger charge is 2.22. The van der Waals surface area contributed by atoms with Crippen LogP contribution in [0, 0.1) is 0 Å². The third-order valence-corrected chi connectivity index (χ3v) is 4.17. The number of piperidine rings is 1. The Balaban J connectivity index is 2.29. The predicted octanol–water partition coefficient (Wildman–Crippen LogP) is 3.48. The number of nitrogens with one attached hydrogen (secondary N) is 1. The molecule has 1 fully saturated rings. The first-order valence-electron chi connectivity index (χ1n) is 8.35. The Hall–Kier alpha value is -1.16. The van der Waals surface area contributed by atoms with Gasteiger partial charge in [-0.05, 0) is 26.2 Å². The minimum Gasteiger partial charge on any atom is -0.366 e. The first kappa shape index (κ1) is 16.2. The topological polar surface area (TPSA) is 41.1 Å². The lowest BCUT2D eigenvalue weighted by Gasteiger charge is -2.36. The van der Waals surface area contributed by atoms with Crippen LogP contribution in [0.1, 0.15) is 71.3 Å². The molecular weight excluding hydrogens is 260 g/mol. The van der Waals surface area contributed by atoms with Gasteiger partial charge in [-0.15, -0.1) is 0 Å². The highest BCUT2D eigenvalue weighted by atomic mass is 15.2. The number of rotatable bonds is 5. The second-order valence-corrected chi connectivity index (χ2v) is 6.79. The maximum atomic E-state index is 4.84. The molecule has 1 aromatic rings. The molecule has 1 aromatic heterocycles. The van der Waals surface area contributed by atoms with Crippen LogP contribution in [0.3, 0.4) is 0 Å². The summed E-state index contributed by atoms with van der Waals surface area (Å²) in [6.07, 6.45) is 5.92. The van der Waals surface area contributed by atoms with E-state index in [2.05, 4.69) is 49.8 Å². The molecule has 0 amide bonds. The van der Waals surface area contributed by atoms with Crippen molar-refractivity contribution in [3.05, 3.63) is 17.7 Å². The lowest BCUT2D eigenvalue weighted by molar-refractivity contribution is 0.480. The van der Waals surface area contributed by atoms with Gasteiger partial charge in [-0.1, -0.05) is 27.7 Å². The van der Waals surface area contributed by atoms with Crippen molar-refractivity contribution in [3.63, 3.8) is 0 Å². The van der Waals surface area contributed by atoms with Gasteiger partial charge in [-0.3, -0.25) is 0 Å². The fourth-order valence-corrected chi connectivity index (χ4v) is 2.83. The molecule has 0 radical (unpaired) electrons. The van der Waals surface area contributed by atoms with E-state index in [1.807, 2.05) is 6.20 Å². The molecular formula is C17H30N4. The zero-order chi connectivity index (χ0) is 15.4. The number of hydrogen-bond acceptors (Lipinski definition) is 4. The standard InChI is InChI=1S/C17H30N4/c1-12(2)17-19-11-16(15(20-17)10-18-13(3)4)21-9-7-6-8-14(21)5/h11-14,18H,6-10H2,1-5H3. The summed E-state index contributed by atoms with van der Waals surface area (Å²) in [6.45, 7) is 12.9. The van der Waals surface area contributed by atoms with Crippen LogP contribution in [0.4, 0.5) is 5.69 Å². The average molecular weight is 290 g/mol. The Morgan fingerprint density at radius 2 is 2.05 bits per heavy atom. The van der Waals surface area contributed by atoms with E-state index in [0.29, 0.717) is 18.0 Å². The molecule has 0 bridgehead atoms. The predicted molar refractivity (Wildman–Crippen MR) is 88.8 cm³/mol. The normalized spacial score (nSPS) is 19.6. The molecule has 0 aromatic carbocycles. The number of anilines is 1. The van der Waals surface area contributed by atoms with Crippen molar-refractivity contribution in [2.24, 2.45) is 0 Å². The van der Waals surface area contributed by atoms with Crippen molar-refractivity contribution in [1.29, 1.82) is 0 Å². The largest absolute Gasteiger partial charge is 0.366 e. The van der Waals surface area contributed by atoms with Gasteiger partial charge in [0.1, 0.15) is 5.82 Å². The summed E-state index contributed by atoms with van der Waals surface area (Å²) >= 11 is 0. The monoisotopic (exact) mass is 290 g/mol. The smallest absolute Gasteiger partial charge is 0.131 e. The maximum Gasteiger partial charge on any atom is 0.131 e. The summed E-state index contributed by atoms with van der Waals surface area (Å²) in [5.41, 5.74) is 2.37. The summed E-state index contributed by atoms with van der Waals surface area (Å²) in [4.78, 5) is 11.9. The molecule has 118 valence electrons. The third kappa shape index (κ3) is 4.16. The van der Waals surface area contributed by atoms with E-state index in [0.717, 1.165) is 24.6 Å². The lowest BCUT2D eigenvalue weighted by Crippen LogP contribution is -2.39. The zero-order valence-electron chi connectivity index (χ0n) is 14.2. The molecule has 1 atom stereocenters. The minimum atomic E-state index is 0.371. The van der Waals surface area contributed by atoms with Gasteiger partial charge in [-0.25, -0.2) is 9.97 Å². The van der Waals surface area contributed by atoms with Crippen LogP contribution in [-0.2, 0) is 6.54 Å². The van der Waals surface area contributed by atoms with Crippen molar-refractivity contribution >= 4 is 5.69 Å². The Morgan fingerprint density at radius 3 is 2.67 bits per heavy atom. The third-order valence-electron chi connectivity index (χ3n) is 4.17. The van der Waals surface area contributed by atoms with Gasteiger partial charge in [-0.2, -0.15) is 0 Å². The van der Waals surface area contributed by atoms with E-state index in [9.17, 15) is 0 Å². The van der Waals surface area contributed by atoms with Gasteiger partial charge in [0.25, 0.3) is 0 Å². The molecule has 21 heavy (non-hydrogen) atoms. The van der Waals surface area contributed by atoms with Crippen LogP contribution in [0.25, 0.3) is 0 Å². The maximum absolute atomic E-state index is 4.84. The fourth-order valence-electron chi connectivity index (χ4n) is 2.83. The number of hydrogen-bond donors (Lipinski definition) is 1. The van der Waals surface area contributed by atoms with E-state index in [-0.39, 0.29) is 0 Å². The van der Waals surface area contributed by atoms with Gasteiger partial charge in [0.15, 0.2) is 0 Å². The zero-order valence-corrected chi connectivity index (χ0v) is 14.2. The summed E-state index contributed by atoms with van der Waals surface area (Å²) in [7, 11) is 0. The van der Waals surface area contributed by atoms with Crippen molar-refractivity contribution < 1.29 is 0 Å². The average Bonchev–Trinajstić information content (AvgIpc) is 2.45. The van der Waals surface area contributed by atoms with Crippen LogP contribution in [0.5, 0.6) is 0 Å². The molecule has 1 aliphatic rings. The van der Waals surface area contributed by atoms with Crippen LogP contribution >= 0.6 is 0 Å². The molecule has 1 N–H and O–H groups in total. The number of aromatic nitrogens is 2. The van der Waals surface area contributed by atoms with E-state index in [1.54, 1.807) is 0 Å². The molecule has 0 spiro atoms. The fraction of sp³-hybridized carbons (Fsp3) is 0.765. The lowest BCUT2D eigenvalue weighted by atomic mass is 10.0. The van der Waals surface area contributed by atoms with E-state index in [4.69, 9.17) is 4.98 Å². The highest BCUT2D eigenvalue weighted by molar-refractivity contribution is 5.50. The molecule has 4 heteroatoms. The van der Waals surface area contributed by atoms with Crippen LogP contribution in [-0.4, -0.2) is 28.6 Å². The Kier molecular flexibility index (Phi) is 5.57. The van der Waals surface area contributed by atoms with E-state index in [1.165, 1.54) is 24.9 Å². The first-order valence-corrected chi connectivity index (χ1v) is 8.35. The van der Waals surface area contributed by atoms with Gasteiger partial charge >= 0.3 is 0 Å². The molecule has 0 saturated carbocycles. The van der Waals surface area contributed by atoms with Crippen molar-refractivity contribution in [3.8, 4) is 0 Å². The van der Waals surface area contributed by atoms with Crippen LogP contribution in [0.2, 0.25) is 0 Å². The summed E-state index contributed by atoms with van der Waals surface area (Å²) in [6, 6.07) is 1.05.